The first-order valence-electron chi connectivity index (χ1n) is 7.71. The molecule has 0 radical (unpaired) electrons. The molecule has 3 rings (SSSR count). The zero-order chi connectivity index (χ0) is 17.3. The molecule has 126 valence electrons. The summed E-state index contributed by atoms with van der Waals surface area (Å²) < 4.78 is 18.7. The number of hydrogen-bond donors (Lipinski definition) is 2. The maximum atomic E-state index is 14.1. The zero-order valence-electron chi connectivity index (χ0n) is 13.2. The normalized spacial score (nSPS) is 13.6. The molecule has 2 aromatic rings. The van der Waals surface area contributed by atoms with Crippen LogP contribution < -0.4 is 11.1 Å². The number of rotatable bonds is 5. The van der Waals surface area contributed by atoms with Gasteiger partial charge in [-0.05, 0) is 42.5 Å². The summed E-state index contributed by atoms with van der Waals surface area (Å²) in [7, 11) is 1.21. The zero-order valence-corrected chi connectivity index (χ0v) is 14.0. The van der Waals surface area contributed by atoms with E-state index >= 15 is 0 Å². The predicted molar refractivity (Wildman–Crippen MR) is 93.8 cm³/mol. The Morgan fingerprint density at radius 3 is 2.75 bits per heavy atom. The van der Waals surface area contributed by atoms with E-state index in [1.165, 1.54) is 32.1 Å². The summed E-state index contributed by atoms with van der Waals surface area (Å²) in [6, 6.07) is 7.88. The van der Waals surface area contributed by atoms with Crippen LogP contribution in [0.1, 0.15) is 23.2 Å². The van der Waals surface area contributed by atoms with Crippen molar-refractivity contribution in [3.63, 3.8) is 0 Å². The number of carbonyl (C=O) groups excluding carboxylic acids is 1. The van der Waals surface area contributed by atoms with Gasteiger partial charge in [0.05, 0.1) is 29.1 Å². The molecule has 4 nitrogen and oxygen atoms in total. The fourth-order valence-corrected chi connectivity index (χ4v) is 2.78. The molecule has 0 aliphatic heterocycles. The molecular weight excluding hydrogens is 331 g/mol. The molecular formula is C18H18ClFN2O2. The van der Waals surface area contributed by atoms with Gasteiger partial charge < -0.3 is 15.8 Å². The Balaban J connectivity index is 1.90. The second-order valence-electron chi connectivity index (χ2n) is 5.90. The van der Waals surface area contributed by atoms with E-state index < -0.39 is 11.8 Å². The highest BCUT2D eigenvalue weighted by Crippen LogP contribution is 2.38. The molecule has 3 N–H and O–H groups in total. The van der Waals surface area contributed by atoms with E-state index in [-0.39, 0.29) is 5.56 Å². The van der Waals surface area contributed by atoms with Crippen molar-refractivity contribution < 1.29 is 13.9 Å². The summed E-state index contributed by atoms with van der Waals surface area (Å²) in [5.74, 6) is -0.669. The first-order chi connectivity index (χ1) is 11.5. The van der Waals surface area contributed by atoms with E-state index in [0.717, 1.165) is 12.2 Å². The van der Waals surface area contributed by atoms with Crippen molar-refractivity contribution in [3.8, 4) is 11.1 Å². The van der Waals surface area contributed by atoms with Gasteiger partial charge in [-0.15, -0.1) is 0 Å². The highest BCUT2D eigenvalue weighted by molar-refractivity contribution is 6.36. The Morgan fingerprint density at radius 1 is 1.38 bits per heavy atom. The van der Waals surface area contributed by atoms with Crippen LogP contribution in [0.15, 0.2) is 30.3 Å². The molecule has 6 heteroatoms. The van der Waals surface area contributed by atoms with Crippen LogP contribution in [0.5, 0.6) is 0 Å². The van der Waals surface area contributed by atoms with E-state index in [9.17, 15) is 9.18 Å². The van der Waals surface area contributed by atoms with E-state index in [1.54, 1.807) is 12.1 Å². The Hall–Kier alpha value is -2.27. The summed E-state index contributed by atoms with van der Waals surface area (Å²) >= 11 is 6.37. The van der Waals surface area contributed by atoms with Crippen LogP contribution >= 0.6 is 11.6 Å². The van der Waals surface area contributed by atoms with E-state index in [2.05, 4.69) is 10.1 Å². The van der Waals surface area contributed by atoms with Gasteiger partial charge in [0.25, 0.3) is 0 Å². The molecule has 0 spiro atoms. The minimum absolute atomic E-state index is 0.118. The Labute approximate surface area is 144 Å². The lowest BCUT2D eigenvalue weighted by Crippen LogP contribution is -2.06. The number of benzene rings is 2. The number of ether oxygens (including phenoxy) is 1. The average molecular weight is 349 g/mol. The number of nitrogens with two attached hydrogens (primary N) is 1. The van der Waals surface area contributed by atoms with Crippen LogP contribution in [0.3, 0.4) is 0 Å². The van der Waals surface area contributed by atoms with E-state index in [1.807, 2.05) is 6.07 Å². The first-order valence-corrected chi connectivity index (χ1v) is 8.09. The van der Waals surface area contributed by atoms with Gasteiger partial charge >= 0.3 is 5.97 Å². The van der Waals surface area contributed by atoms with Crippen molar-refractivity contribution in [1.82, 2.24) is 0 Å². The Morgan fingerprint density at radius 2 is 2.12 bits per heavy atom. The molecule has 1 fully saturated rings. The van der Waals surface area contributed by atoms with Crippen LogP contribution in [0.2, 0.25) is 5.02 Å². The molecule has 24 heavy (non-hydrogen) atoms. The number of nitrogen functional groups attached to an aromatic ring is 1. The van der Waals surface area contributed by atoms with Gasteiger partial charge in [-0.1, -0.05) is 23.7 Å². The standard InChI is InChI=1S/C18H18ClFN2O2/c1-24-18(23)13-5-4-11(8-14(13)20)12-6-7-15(17(21)16(12)19)22-9-10-2-3-10/h4-8,10,22H,2-3,9,21H2,1H3. The van der Waals surface area contributed by atoms with Gasteiger partial charge in [0.2, 0.25) is 0 Å². The largest absolute Gasteiger partial charge is 0.465 e. The van der Waals surface area contributed by atoms with Crippen LogP contribution in [0.4, 0.5) is 15.8 Å². The summed E-state index contributed by atoms with van der Waals surface area (Å²) in [5, 5.41) is 3.65. The highest BCUT2D eigenvalue weighted by Gasteiger charge is 2.21. The second-order valence-corrected chi connectivity index (χ2v) is 6.28. The number of carbonyl (C=O) groups is 1. The first kappa shape index (κ1) is 16.6. The van der Waals surface area contributed by atoms with E-state index in [4.69, 9.17) is 17.3 Å². The topological polar surface area (TPSA) is 64.3 Å². The highest BCUT2D eigenvalue weighted by atomic mass is 35.5. The molecule has 0 bridgehead atoms. The fraction of sp³-hybridized carbons (Fsp3) is 0.278. The number of methoxy groups -OCH3 is 1. The van der Waals surface area contributed by atoms with Gasteiger partial charge in [0.15, 0.2) is 0 Å². The van der Waals surface area contributed by atoms with Gasteiger partial charge in [-0.25, -0.2) is 9.18 Å². The molecule has 0 amide bonds. The van der Waals surface area contributed by atoms with Gasteiger partial charge in [-0.2, -0.15) is 0 Å². The molecule has 0 saturated heterocycles. The summed E-state index contributed by atoms with van der Waals surface area (Å²) in [6.07, 6.45) is 2.48. The average Bonchev–Trinajstić information content (AvgIpc) is 3.40. The molecule has 2 aromatic carbocycles. The molecule has 0 atom stereocenters. The number of nitrogens with one attached hydrogen (secondary N) is 1. The van der Waals surface area contributed by atoms with Crippen LogP contribution in [-0.2, 0) is 4.74 Å². The predicted octanol–water partition coefficient (Wildman–Crippen LogP) is 4.34. The number of esters is 1. The van der Waals surface area contributed by atoms with Crippen molar-refractivity contribution in [3.05, 3.63) is 46.7 Å². The lowest BCUT2D eigenvalue weighted by molar-refractivity contribution is 0.0595. The third-order valence-electron chi connectivity index (χ3n) is 4.14. The van der Waals surface area contributed by atoms with Crippen LogP contribution in [0.25, 0.3) is 11.1 Å². The summed E-state index contributed by atoms with van der Waals surface area (Å²) in [6.45, 7) is 0.877. The van der Waals surface area contributed by atoms with Crippen LogP contribution in [0, 0.1) is 11.7 Å². The SMILES string of the molecule is COC(=O)c1ccc(-c2ccc(NCC3CC3)c(N)c2Cl)cc1F. The van der Waals surface area contributed by atoms with Crippen molar-refractivity contribution >= 4 is 28.9 Å². The van der Waals surface area contributed by atoms with Crippen molar-refractivity contribution in [2.24, 2.45) is 5.92 Å². The molecule has 1 aliphatic carbocycles. The lowest BCUT2D eigenvalue weighted by atomic mass is 10.0. The quantitative estimate of drug-likeness (QED) is 0.623. The fourth-order valence-electron chi connectivity index (χ4n) is 2.50. The lowest BCUT2D eigenvalue weighted by Gasteiger charge is -2.14. The molecule has 1 aliphatic rings. The number of anilines is 2. The maximum Gasteiger partial charge on any atom is 0.340 e. The van der Waals surface area contributed by atoms with Gasteiger partial charge in [0, 0.05) is 12.1 Å². The molecule has 1 saturated carbocycles. The van der Waals surface area contributed by atoms with Crippen molar-refractivity contribution in [2.75, 3.05) is 24.7 Å². The number of halogens is 2. The second kappa shape index (κ2) is 6.69. The summed E-state index contributed by atoms with van der Waals surface area (Å²) in [4.78, 5) is 11.5. The number of hydrogen-bond acceptors (Lipinski definition) is 4. The Bertz CT molecular complexity index is 791. The van der Waals surface area contributed by atoms with Gasteiger partial charge in [-0.3, -0.25) is 0 Å². The van der Waals surface area contributed by atoms with Crippen LogP contribution in [-0.4, -0.2) is 19.6 Å². The van der Waals surface area contributed by atoms with Crippen molar-refractivity contribution in [2.45, 2.75) is 12.8 Å². The smallest absolute Gasteiger partial charge is 0.340 e. The van der Waals surface area contributed by atoms with Crippen molar-refractivity contribution in [1.29, 1.82) is 0 Å². The minimum Gasteiger partial charge on any atom is -0.465 e. The third kappa shape index (κ3) is 3.31. The van der Waals surface area contributed by atoms with Gasteiger partial charge in [0.1, 0.15) is 5.82 Å². The third-order valence-corrected chi connectivity index (χ3v) is 4.55. The molecule has 0 unspecified atom stereocenters. The minimum atomic E-state index is -0.718. The maximum absolute atomic E-state index is 14.1. The Kier molecular flexibility index (Phi) is 4.62. The molecule has 0 aromatic heterocycles. The monoisotopic (exact) mass is 348 g/mol. The molecule has 0 heterocycles. The summed E-state index contributed by atoms with van der Waals surface area (Å²) in [5.41, 5.74) is 8.36. The van der Waals surface area contributed by atoms with E-state index in [0.29, 0.717) is 27.8 Å².